The van der Waals surface area contributed by atoms with Crippen molar-refractivity contribution in [2.75, 3.05) is 29.9 Å². The van der Waals surface area contributed by atoms with Crippen molar-refractivity contribution in [3.05, 3.63) is 18.0 Å². The van der Waals surface area contributed by atoms with Crippen LogP contribution >= 0.6 is 0 Å². The van der Waals surface area contributed by atoms with E-state index in [2.05, 4.69) is 27.2 Å². The Balaban J connectivity index is 1.73. The van der Waals surface area contributed by atoms with Gasteiger partial charge in [0.25, 0.3) is 0 Å². The highest BCUT2D eigenvalue weighted by Crippen LogP contribution is 2.32. The van der Waals surface area contributed by atoms with Crippen molar-refractivity contribution < 1.29 is 0 Å². The van der Waals surface area contributed by atoms with E-state index in [4.69, 9.17) is 4.98 Å². The largest absolute Gasteiger partial charge is 0.368 e. The van der Waals surface area contributed by atoms with Crippen molar-refractivity contribution in [1.29, 1.82) is 0 Å². The number of anilines is 2. The minimum Gasteiger partial charge on any atom is -0.368 e. The third-order valence-electron chi connectivity index (χ3n) is 4.69. The van der Waals surface area contributed by atoms with Crippen LogP contribution in [0.5, 0.6) is 0 Å². The van der Waals surface area contributed by atoms with Gasteiger partial charge in [-0.05, 0) is 30.7 Å². The summed E-state index contributed by atoms with van der Waals surface area (Å²) in [5, 5.41) is 7.88. The number of nitrogens with zero attached hydrogens (tertiary/aromatic N) is 5. The minimum atomic E-state index is 0.811. The maximum atomic E-state index is 4.90. The van der Waals surface area contributed by atoms with Crippen molar-refractivity contribution >= 4 is 11.8 Å². The maximum Gasteiger partial charge on any atom is 0.225 e. The standard InChI is InChI=1S/C16H22N6/c1-11-4-7-22(8-5-11)16-18-9-12-3-6-17-15-13(14(12)19-16)10-21(2)20-15/h9-11H,3-8H2,1-2H3,(H,17,20). The van der Waals surface area contributed by atoms with Crippen LogP contribution < -0.4 is 10.2 Å². The molecule has 0 spiro atoms. The van der Waals surface area contributed by atoms with Crippen LogP contribution in [0.25, 0.3) is 11.3 Å². The Labute approximate surface area is 130 Å². The van der Waals surface area contributed by atoms with Gasteiger partial charge in [0.05, 0.1) is 11.3 Å². The van der Waals surface area contributed by atoms with E-state index in [1.165, 1.54) is 18.4 Å². The van der Waals surface area contributed by atoms with E-state index in [1.807, 2.05) is 24.1 Å². The lowest BCUT2D eigenvalue weighted by Gasteiger charge is -2.30. The molecule has 1 fully saturated rings. The fourth-order valence-corrected chi connectivity index (χ4v) is 3.28. The Morgan fingerprint density at radius 1 is 1.27 bits per heavy atom. The van der Waals surface area contributed by atoms with Crippen LogP contribution in [0.3, 0.4) is 0 Å². The van der Waals surface area contributed by atoms with E-state index in [0.29, 0.717) is 0 Å². The van der Waals surface area contributed by atoms with Crippen molar-refractivity contribution in [2.45, 2.75) is 26.2 Å². The number of hydrogen-bond acceptors (Lipinski definition) is 5. The Morgan fingerprint density at radius 3 is 2.91 bits per heavy atom. The highest BCUT2D eigenvalue weighted by Gasteiger charge is 2.23. The lowest BCUT2D eigenvalue weighted by molar-refractivity contribution is 0.434. The summed E-state index contributed by atoms with van der Waals surface area (Å²) in [4.78, 5) is 11.8. The monoisotopic (exact) mass is 298 g/mol. The maximum absolute atomic E-state index is 4.90. The van der Waals surface area contributed by atoms with E-state index >= 15 is 0 Å². The lowest BCUT2D eigenvalue weighted by atomic mass is 9.99. The van der Waals surface area contributed by atoms with Gasteiger partial charge in [0, 0.05) is 39.1 Å². The molecule has 0 aliphatic carbocycles. The van der Waals surface area contributed by atoms with Crippen LogP contribution in [0.2, 0.25) is 0 Å². The molecule has 0 bridgehead atoms. The molecule has 0 amide bonds. The molecule has 0 aromatic carbocycles. The zero-order valence-electron chi connectivity index (χ0n) is 13.2. The molecule has 1 saturated heterocycles. The molecule has 2 aliphatic rings. The zero-order valence-corrected chi connectivity index (χ0v) is 13.2. The van der Waals surface area contributed by atoms with Crippen molar-refractivity contribution in [2.24, 2.45) is 13.0 Å². The van der Waals surface area contributed by atoms with Crippen LogP contribution in [0.4, 0.5) is 11.8 Å². The molecule has 116 valence electrons. The van der Waals surface area contributed by atoms with E-state index in [-0.39, 0.29) is 0 Å². The number of fused-ring (bicyclic) bond motifs is 3. The van der Waals surface area contributed by atoms with Crippen molar-refractivity contribution in [3.63, 3.8) is 0 Å². The summed E-state index contributed by atoms with van der Waals surface area (Å²) in [6, 6.07) is 0. The third kappa shape index (κ3) is 2.32. The third-order valence-corrected chi connectivity index (χ3v) is 4.69. The highest BCUT2D eigenvalue weighted by atomic mass is 15.3. The first-order valence-corrected chi connectivity index (χ1v) is 8.09. The number of rotatable bonds is 1. The zero-order chi connectivity index (χ0) is 15.1. The smallest absolute Gasteiger partial charge is 0.225 e. The van der Waals surface area contributed by atoms with Gasteiger partial charge < -0.3 is 10.2 Å². The molecular formula is C16H22N6. The summed E-state index contributed by atoms with van der Waals surface area (Å²) in [5.41, 5.74) is 3.33. The van der Waals surface area contributed by atoms with E-state index in [0.717, 1.165) is 55.0 Å². The molecule has 1 N–H and O–H groups in total. The summed E-state index contributed by atoms with van der Waals surface area (Å²) in [5.74, 6) is 2.60. The summed E-state index contributed by atoms with van der Waals surface area (Å²) in [6.45, 7) is 5.31. The predicted octanol–water partition coefficient (Wildman–Crippen LogP) is 2.08. The number of hydrogen-bond donors (Lipinski definition) is 1. The molecule has 0 atom stereocenters. The van der Waals surface area contributed by atoms with Gasteiger partial charge in [0.2, 0.25) is 5.95 Å². The van der Waals surface area contributed by atoms with Gasteiger partial charge in [-0.25, -0.2) is 9.97 Å². The van der Waals surface area contributed by atoms with E-state index < -0.39 is 0 Å². The number of aromatic nitrogens is 4. The second-order valence-electron chi connectivity index (χ2n) is 6.46. The second kappa shape index (κ2) is 5.26. The molecule has 0 unspecified atom stereocenters. The number of nitrogens with one attached hydrogen (secondary N) is 1. The van der Waals surface area contributed by atoms with Gasteiger partial charge in [-0.15, -0.1) is 0 Å². The quantitative estimate of drug-likeness (QED) is 0.873. The number of piperidine rings is 1. The molecule has 0 saturated carbocycles. The van der Waals surface area contributed by atoms with Gasteiger partial charge in [-0.2, -0.15) is 5.10 Å². The summed E-state index contributed by atoms with van der Waals surface area (Å²) in [7, 11) is 1.95. The lowest BCUT2D eigenvalue weighted by Crippen LogP contribution is -2.34. The Bertz CT molecular complexity index is 684. The fourth-order valence-electron chi connectivity index (χ4n) is 3.28. The average molecular weight is 298 g/mol. The van der Waals surface area contributed by atoms with Crippen molar-refractivity contribution in [1.82, 2.24) is 19.7 Å². The van der Waals surface area contributed by atoms with Gasteiger partial charge in [0.1, 0.15) is 0 Å². The average Bonchev–Trinajstić information content (AvgIpc) is 2.81. The Morgan fingerprint density at radius 2 is 2.09 bits per heavy atom. The predicted molar refractivity (Wildman–Crippen MR) is 87.0 cm³/mol. The first-order valence-electron chi connectivity index (χ1n) is 8.09. The molecule has 4 rings (SSSR count). The molecule has 6 heteroatoms. The molecule has 22 heavy (non-hydrogen) atoms. The molecule has 0 radical (unpaired) electrons. The van der Waals surface area contributed by atoms with Crippen LogP contribution in [0, 0.1) is 5.92 Å². The van der Waals surface area contributed by atoms with E-state index in [1.54, 1.807) is 0 Å². The molecule has 2 aliphatic heterocycles. The Kier molecular flexibility index (Phi) is 3.24. The topological polar surface area (TPSA) is 58.9 Å². The number of aryl methyl sites for hydroxylation is 1. The summed E-state index contributed by atoms with van der Waals surface area (Å²) in [6.07, 6.45) is 7.42. The summed E-state index contributed by atoms with van der Waals surface area (Å²) >= 11 is 0. The van der Waals surface area contributed by atoms with Gasteiger partial charge in [-0.3, -0.25) is 4.68 Å². The highest BCUT2D eigenvalue weighted by molar-refractivity contribution is 5.76. The Hall–Kier alpha value is -2.11. The molecule has 2 aromatic rings. The summed E-state index contributed by atoms with van der Waals surface area (Å²) < 4.78 is 1.84. The fraction of sp³-hybridized carbons (Fsp3) is 0.562. The first-order chi connectivity index (χ1) is 10.7. The molecular weight excluding hydrogens is 276 g/mol. The van der Waals surface area contributed by atoms with Gasteiger partial charge in [-0.1, -0.05) is 6.92 Å². The van der Waals surface area contributed by atoms with Crippen LogP contribution in [0.15, 0.2) is 12.4 Å². The normalized spacial score (nSPS) is 18.4. The minimum absolute atomic E-state index is 0.811. The van der Waals surface area contributed by atoms with Crippen LogP contribution in [-0.4, -0.2) is 39.4 Å². The van der Waals surface area contributed by atoms with Gasteiger partial charge >= 0.3 is 0 Å². The molecule has 4 heterocycles. The van der Waals surface area contributed by atoms with Crippen LogP contribution in [0.1, 0.15) is 25.3 Å². The van der Waals surface area contributed by atoms with Gasteiger partial charge in [0.15, 0.2) is 5.82 Å². The SMILES string of the molecule is CC1CCN(c2ncc3c(n2)-c2cn(C)nc2NCC3)CC1. The van der Waals surface area contributed by atoms with Crippen LogP contribution in [-0.2, 0) is 13.5 Å². The molecule has 6 nitrogen and oxygen atoms in total. The van der Waals surface area contributed by atoms with E-state index in [9.17, 15) is 0 Å². The second-order valence-corrected chi connectivity index (χ2v) is 6.46. The molecule has 2 aromatic heterocycles. The van der Waals surface area contributed by atoms with Crippen molar-refractivity contribution in [3.8, 4) is 11.3 Å². The first kappa shape index (κ1) is 13.5.